The van der Waals surface area contributed by atoms with Gasteiger partial charge in [0.2, 0.25) is 0 Å². The first-order valence-electron chi connectivity index (χ1n) is 9.36. The van der Waals surface area contributed by atoms with Gasteiger partial charge in [0.05, 0.1) is 25.7 Å². The van der Waals surface area contributed by atoms with Gasteiger partial charge >= 0.3 is 59.1 Å². The predicted molar refractivity (Wildman–Crippen MR) is 107 cm³/mol. The summed E-state index contributed by atoms with van der Waals surface area (Å²) in [5, 5.41) is 31.8. The Morgan fingerprint density at radius 2 is 1.83 bits per heavy atom. The SMILES string of the molecule is O=[N+]([O-])c1ccc(CSc2ncnc3c2ncn3[C@H]2O[C@@H](COP(=O)([O-])[O-])[C@@H](O)[C@H]2O)cc1.[Na+].[Na+]. The van der Waals surface area contributed by atoms with Crippen molar-refractivity contribution in [2.24, 2.45) is 0 Å². The number of phosphoric ester groups is 1. The van der Waals surface area contributed by atoms with Crippen LogP contribution in [0.15, 0.2) is 41.9 Å². The third kappa shape index (κ3) is 7.30. The second-order valence-electron chi connectivity index (χ2n) is 7.00. The third-order valence-electron chi connectivity index (χ3n) is 4.86. The molecule has 1 aliphatic rings. The van der Waals surface area contributed by atoms with E-state index < -0.39 is 43.9 Å². The topological polar surface area (TPSA) is 209 Å². The van der Waals surface area contributed by atoms with Crippen molar-refractivity contribution in [3.8, 4) is 0 Å². The molecule has 4 atom stereocenters. The van der Waals surface area contributed by atoms with E-state index in [0.29, 0.717) is 16.3 Å². The van der Waals surface area contributed by atoms with Crippen LogP contribution in [0.3, 0.4) is 0 Å². The van der Waals surface area contributed by atoms with Crippen LogP contribution in [0.2, 0.25) is 0 Å². The van der Waals surface area contributed by atoms with E-state index in [1.807, 2.05) is 0 Å². The standard InChI is InChI=1S/C17H18N5O9PS.2Na/c23-13-11(5-30-32(27,28)29)31-17(14(13)24)21-8-20-12-15(21)18-7-19-16(12)33-6-9-1-3-10(4-2-9)22(25)26;;/h1-4,7-8,11,13-14,17,23-24H,5-6H2,(H2,27,28,29);;/q;2*+1/p-2/t11-,13+,14+,17-;;/m0../s1. The Balaban J connectivity index is 0.00000216. The third-order valence-corrected chi connectivity index (χ3v) is 6.37. The van der Waals surface area contributed by atoms with Gasteiger partial charge in [-0.05, 0) is 5.56 Å². The number of aliphatic hydroxyl groups excluding tert-OH is 2. The Bertz CT molecular complexity index is 1210. The molecule has 1 aromatic carbocycles. The Morgan fingerprint density at radius 3 is 2.46 bits per heavy atom. The Kier molecular flexibility index (Phi) is 11.3. The fourth-order valence-corrected chi connectivity index (χ4v) is 4.48. The zero-order chi connectivity index (χ0) is 23.8. The summed E-state index contributed by atoms with van der Waals surface area (Å²) in [7, 11) is -5.28. The van der Waals surface area contributed by atoms with Crippen LogP contribution in [-0.2, 0) is 19.6 Å². The van der Waals surface area contributed by atoms with E-state index in [9.17, 15) is 34.7 Å². The van der Waals surface area contributed by atoms with Crippen molar-refractivity contribution >= 4 is 36.4 Å². The number of nitro benzene ring substituents is 1. The number of phosphoric acid groups is 1. The molecular weight excluding hydrogens is 527 g/mol. The van der Waals surface area contributed by atoms with Gasteiger partial charge in [-0.15, -0.1) is 0 Å². The first-order valence-corrected chi connectivity index (χ1v) is 11.8. The number of benzene rings is 1. The average Bonchev–Trinajstić information content (AvgIpc) is 3.32. The summed E-state index contributed by atoms with van der Waals surface area (Å²) in [5.74, 6) is 0.447. The van der Waals surface area contributed by atoms with Crippen LogP contribution in [0.1, 0.15) is 11.8 Å². The zero-order valence-electron chi connectivity index (χ0n) is 18.5. The van der Waals surface area contributed by atoms with Gasteiger partial charge in [-0.1, -0.05) is 23.9 Å². The minimum Gasteiger partial charge on any atom is -0.790 e. The van der Waals surface area contributed by atoms with E-state index in [1.54, 1.807) is 12.1 Å². The quantitative estimate of drug-likeness (QED) is 0.0677. The summed E-state index contributed by atoms with van der Waals surface area (Å²) >= 11 is 1.32. The van der Waals surface area contributed by atoms with Crippen LogP contribution in [0.4, 0.5) is 5.69 Å². The van der Waals surface area contributed by atoms with Gasteiger partial charge in [-0.3, -0.25) is 14.7 Å². The number of imidazole rings is 1. The molecule has 0 spiro atoms. The van der Waals surface area contributed by atoms with Crippen LogP contribution in [0.25, 0.3) is 11.2 Å². The van der Waals surface area contributed by atoms with Gasteiger partial charge < -0.3 is 33.8 Å². The summed E-state index contributed by atoms with van der Waals surface area (Å²) in [6, 6.07) is 6.08. The van der Waals surface area contributed by atoms with Crippen molar-refractivity contribution in [1.29, 1.82) is 0 Å². The molecule has 4 rings (SSSR count). The molecule has 0 saturated carbocycles. The Labute approximate surface area is 246 Å². The molecule has 3 aromatic rings. The van der Waals surface area contributed by atoms with E-state index in [-0.39, 0.29) is 70.4 Å². The first-order chi connectivity index (χ1) is 15.6. The number of non-ortho nitro benzene ring substituents is 1. The maximum atomic E-state index is 10.8. The van der Waals surface area contributed by atoms with Gasteiger partial charge in [0.25, 0.3) is 5.69 Å². The molecule has 0 bridgehead atoms. The van der Waals surface area contributed by atoms with Crippen molar-refractivity contribution in [2.45, 2.75) is 35.3 Å². The van der Waals surface area contributed by atoms with Gasteiger partial charge in [0.15, 0.2) is 11.9 Å². The molecule has 1 fully saturated rings. The molecule has 3 heterocycles. The van der Waals surface area contributed by atoms with Gasteiger partial charge in [0, 0.05) is 17.9 Å². The number of ether oxygens (including phenoxy) is 1. The van der Waals surface area contributed by atoms with Gasteiger partial charge in [-0.2, -0.15) is 0 Å². The number of aliphatic hydroxyl groups is 2. The minimum absolute atomic E-state index is 0. The summed E-state index contributed by atoms with van der Waals surface area (Å²) in [6.45, 7) is -0.753. The molecule has 1 saturated heterocycles. The number of nitrogens with zero attached hydrogens (tertiary/aromatic N) is 5. The maximum Gasteiger partial charge on any atom is 1.00 e. The van der Waals surface area contributed by atoms with Crippen molar-refractivity contribution in [2.75, 3.05) is 6.61 Å². The molecular formula is C17H16N5Na2O9PS. The molecule has 1 aliphatic heterocycles. The van der Waals surface area contributed by atoms with Crippen LogP contribution in [0.5, 0.6) is 0 Å². The fraction of sp³-hybridized carbons (Fsp3) is 0.353. The molecule has 0 radical (unpaired) electrons. The summed E-state index contributed by atoms with van der Waals surface area (Å²) in [6.07, 6.45) is -2.82. The van der Waals surface area contributed by atoms with Crippen LogP contribution < -0.4 is 68.9 Å². The molecule has 2 aromatic heterocycles. The molecule has 0 unspecified atom stereocenters. The molecule has 176 valence electrons. The van der Waals surface area contributed by atoms with Gasteiger partial charge in [-0.25, -0.2) is 15.0 Å². The second-order valence-corrected chi connectivity index (χ2v) is 9.12. The van der Waals surface area contributed by atoms with E-state index in [1.165, 1.54) is 41.1 Å². The molecule has 0 aliphatic carbocycles. The Morgan fingerprint density at radius 1 is 1.14 bits per heavy atom. The van der Waals surface area contributed by atoms with E-state index in [2.05, 4.69) is 19.5 Å². The molecule has 14 nitrogen and oxygen atoms in total. The van der Waals surface area contributed by atoms with E-state index in [0.717, 1.165) is 5.56 Å². The summed E-state index contributed by atoms with van der Waals surface area (Å²) in [5.41, 5.74) is 1.48. The van der Waals surface area contributed by atoms with Crippen molar-refractivity contribution in [1.82, 2.24) is 19.5 Å². The molecule has 18 heteroatoms. The summed E-state index contributed by atoms with van der Waals surface area (Å²) in [4.78, 5) is 44.3. The van der Waals surface area contributed by atoms with Crippen molar-refractivity contribution in [3.05, 3.63) is 52.6 Å². The number of aromatic nitrogens is 4. The Hall–Kier alpha value is -0.490. The first kappa shape index (κ1) is 30.7. The smallest absolute Gasteiger partial charge is 0.790 e. The monoisotopic (exact) mass is 543 g/mol. The van der Waals surface area contributed by atoms with E-state index in [4.69, 9.17) is 4.74 Å². The number of nitro groups is 1. The molecule has 35 heavy (non-hydrogen) atoms. The van der Waals surface area contributed by atoms with Gasteiger partial charge in [0.1, 0.15) is 35.2 Å². The second kappa shape index (κ2) is 12.8. The number of thioether (sulfide) groups is 1. The van der Waals surface area contributed by atoms with Crippen LogP contribution >= 0.6 is 19.6 Å². The average molecular weight is 543 g/mol. The van der Waals surface area contributed by atoms with Crippen molar-refractivity contribution < 1.29 is 97.9 Å². The molecule has 0 amide bonds. The minimum atomic E-state index is -5.28. The number of hydrogen-bond acceptors (Lipinski definition) is 13. The normalized spacial score (nSPS) is 21.9. The largest absolute Gasteiger partial charge is 1.00 e. The predicted octanol–water partition coefficient (Wildman–Crippen LogP) is -6.50. The van der Waals surface area contributed by atoms with Crippen LogP contribution in [-0.4, -0.2) is 59.6 Å². The summed E-state index contributed by atoms with van der Waals surface area (Å²) < 4.78 is 21.7. The van der Waals surface area contributed by atoms with E-state index >= 15 is 0 Å². The van der Waals surface area contributed by atoms with Crippen LogP contribution in [0, 0.1) is 10.1 Å². The number of hydrogen-bond donors (Lipinski definition) is 2. The maximum absolute atomic E-state index is 10.8. The zero-order valence-corrected chi connectivity index (χ0v) is 24.2. The number of fused-ring (bicyclic) bond motifs is 1. The number of rotatable bonds is 8. The molecule has 2 N–H and O–H groups in total. The fourth-order valence-electron chi connectivity index (χ4n) is 3.25. The van der Waals surface area contributed by atoms with Crippen molar-refractivity contribution in [3.63, 3.8) is 0 Å².